The quantitative estimate of drug-likeness (QED) is 0.295. The number of hydrogen-bond acceptors (Lipinski definition) is 7. The molecule has 0 bridgehead atoms. The molecule has 196 valence electrons. The maximum absolute atomic E-state index is 13.7. The number of carbonyl (C=O) groups is 2. The molecule has 0 radical (unpaired) electrons. The van der Waals surface area contributed by atoms with E-state index in [9.17, 15) is 19.3 Å². The minimum atomic E-state index is -4.39. The van der Waals surface area contributed by atoms with Crippen molar-refractivity contribution >= 4 is 19.9 Å². The Morgan fingerprint density at radius 1 is 0.838 bits per heavy atom. The van der Waals surface area contributed by atoms with E-state index in [0.29, 0.717) is 5.56 Å². The Hall–Kier alpha value is -3.81. The topological polar surface area (TPSA) is 112 Å². The van der Waals surface area contributed by atoms with Crippen molar-refractivity contribution in [2.24, 2.45) is 0 Å². The van der Waals surface area contributed by atoms with Gasteiger partial charge in [-0.3, -0.25) is 9.42 Å². The number of rotatable bonds is 11. The van der Waals surface area contributed by atoms with Crippen molar-refractivity contribution in [2.45, 2.75) is 39.0 Å². The first-order valence-electron chi connectivity index (χ1n) is 11.5. The summed E-state index contributed by atoms with van der Waals surface area (Å²) in [5, 5.41) is 10.0. The van der Waals surface area contributed by atoms with Crippen molar-refractivity contribution in [2.75, 3.05) is 6.61 Å². The largest absolute Gasteiger partial charge is 0.587 e. The number of benzene rings is 3. The zero-order chi connectivity index (χ0) is 26.9. The van der Waals surface area contributed by atoms with E-state index in [1.807, 2.05) is 0 Å². The van der Waals surface area contributed by atoms with Crippen molar-refractivity contribution in [3.63, 3.8) is 0 Å². The molecule has 9 nitrogen and oxygen atoms in total. The number of carbonyl (C=O) groups excluding carboxylic acids is 1. The fourth-order valence-corrected chi connectivity index (χ4v) is 4.38. The average molecular weight is 528 g/mol. The van der Waals surface area contributed by atoms with Crippen LogP contribution in [-0.2, 0) is 25.2 Å². The van der Waals surface area contributed by atoms with Crippen LogP contribution < -0.4 is 9.05 Å². The molecule has 0 saturated carbocycles. The van der Waals surface area contributed by atoms with Crippen LogP contribution in [0.4, 0.5) is 4.79 Å². The number of carboxylic acid groups (broad SMARTS) is 1. The van der Waals surface area contributed by atoms with Crippen molar-refractivity contribution in [1.82, 2.24) is 4.90 Å². The average Bonchev–Trinajstić information content (AvgIpc) is 2.84. The van der Waals surface area contributed by atoms with E-state index < -0.39 is 38.1 Å². The number of hydrogen-bond donors (Lipinski definition) is 1. The summed E-state index contributed by atoms with van der Waals surface area (Å²) in [6.45, 7) is 4.24. The normalized spacial score (nSPS) is 12.3. The number of carboxylic acids is 1. The molecule has 0 unspecified atom stereocenters. The molecular formula is C27H30NO8P. The van der Waals surface area contributed by atoms with Gasteiger partial charge in [0.1, 0.15) is 17.1 Å². The van der Waals surface area contributed by atoms with Crippen LogP contribution >= 0.6 is 7.82 Å². The Kier molecular flexibility index (Phi) is 9.33. The third kappa shape index (κ3) is 8.97. The highest BCUT2D eigenvalue weighted by atomic mass is 31.2. The highest BCUT2D eigenvalue weighted by Gasteiger charge is 2.38. The Balaban J connectivity index is 1.88. The first-order chi connectivity index (χ1) is 17.5. The molecule has 0 aromatic heterocycles. The van der Waals surface area contributed by atoms with Crippen LogP contribution in [0.3, 0.4) is 0 Å². The van der Waals surface area contributed by atoms with Gasteiger partial charge in [-0.05, 0) is 50.6 Å². The Morgan fingerprint density at radius 3 is 1.73 bits per heavy atom. The fraction of sp³-hybridized carbons (Fsp3) is 0.259. The summed E-state index contributed by atoms with van der Waals surface area (Å²) < 4.78 is 35.8. The van der Waals surface area contributed by atoms with Gasteiger partial charge in [0, 0.05) is 0 Å². The van der Waals surface area contributed by atoms with Crippen LogP contribution in [0, 0.1) is 0 Å². The highest BCUT2D eigenvalue weighted by Crippen LogP contribution is 2.49. The number of para-hydroxylation sites is 2. The molecule has 0 aliphatic rings. The lowest BCUT2D eigenvalue weighted by atomic mass is 10.1. The lowest BCUT2D eigenvalue weighted by molar-refractivity contribution is -0.144. The molecule has 3 aromatic rings. The van der Waals surface area contributed by atoms with Gasteiger partial charge in [0.15, 0.2) is 6.04 Å². The van der Waals surface area contributed by atoms with Crippen LogP contribution in [0.2, 0.25) is 0 Å². The van der Waals surface area contributed by atoms with Crippen LogP contribution in [0.1, 0.15) is 26.3 Å². The summed E-state index contributed by atoms with van der Waals surface area (Å²) in [5.41, 5.74) is -0.207. The first-order valence-corrected chi connectivity index (χ1v) is 13.0. The minimum absolute atomic E-state index is 0.0839. The zero-order valence-electron chi connectivity index (χ0n) is 20.9. The third-order valence-corrected chi connectivity index (χ3v) is 6.13. The molecule has 0 fully saturated rings. The molecule has 0 saturated heterocycles. The van der Waals surface area contributed by atoms with E-state index in [-0.39, 0.29) is 18.0 Å². The molecule has 0 aliphatic heterocycles. The second-order valence-corrected chi connectivity index (χ2v) is 10.5. The van der Waals surface area contributed by atoms with E-state index in [0.717, 1.165) is 4.90 Å². The van der Waals surface area contributed by atoms with E-state index in [4.69, 9.17) is 18.3 Å². The van der Waals surface area contributed by atoms with Gasteiger partial charge in [-0.1, -0.05) is 66.7 Å². The molecule has 3 rings (SSSR count). The molecule has 1 amide bonds. The van der Waals surface area contributed by atoms with Crippen LogP contribution in [0.15, 0.2) is 91.0 Å². The molecule has 10 heteroatoms. The van der Waals surface area contributed by atoms with Gasteiger partial charge in [-0.2, -0.15) is 0 Å². The van der Waals surface area contributed by atoms with Crippen molar-refractivity contribution < 1.29 is 37.6 Å². The second kappa shape index (κ2) is 12.4. The number of phosphoric acid groups is 1. The summed E-state index contributed by atoms with van der Waals surface area (Å²) in [6.07, 6.45) is -0.866. The van der Waals surface area contributed by atoms with Crippen LogP contribution in [0.5, 0.6) is 11.5 Å². The molecule has 0 aliphatic carbocycles. The Labute approximate surface area is 216 Å². The third-order valence-electron chi connectivity index (χ3n) is 4.80. The van der Waals surface area contributed by atoms with Crippen molar-refractivity contribution in [3.8, 4) is 11.5 Å². The van der Waals surface area contributed by atoms with Gasteiger partial charge in [0.05, 0.1) is 13.2 Å². The minimum Gasteiger partial charge on any atom is -0.480 e. The monoisotopic (exact) mass is 527 g/mol. The molecular weight excluding hydrogens is 497 g/mol. The number of amides is 1. The van der Waals surface area contributed by atoms with E-state index >= 15 is 0 Å². The lowest BCUT2D eigenvalue weighted by Gasteiger charge is -2.32. The standard InChI is InChI=1S/C27H30NO8P/c1-27(2,3)34-26(31)28(19-21-13-7-4-8-14-21)24(25(29)30)20-33-37(32,35-22-15-9-5-10-16-22)36-23-17-11-6-12-18-23/h4-18,24H,19-20H2,1-3H3,(H,29,30)/t24-/m1/s1. The first kappa shape index (κ1) is 27.8. The van der Waals surface area contributed by atoms with Gasteiger partial charge in [0.25, 0.3) is 0 Å². The predicted octanol–water partition coefficient (Wildman–Crippen LogP) is 6.16. The molecule has 37 heavy (non-hydrogen) atoms. The van der Waals surface area contributed by atoms with Gasteiger partial charge in [-0.25, -0.2) is 14.2 Å². The number of ether oxygens (including phenoxy) is 1. The van der Waals surface area contributed by atoms with Gasteiger partial charge >= 0.3 is 19.9 Å². The SMILES string of the molecule is CC(C)(C)OC(=O)N(Cc1ccccc1)[C@H](COP(=O)(Oc1ccccc1)Oc1ccccc1)C(=O)O. The second-order valence-electron chi connectivity index (χ2n) is 9.00. The highest BCUT2D eigenvalue weighted by molar-refractivity contribution is 7.49. The van der Waals surface area contributed by atoms with Crippen molar-refractivity contribution in [1.29, 1.82) is 0 Å². The van der Waals surface area contributed by atoms with Crippen LogP contribution in [0.25, 0.3) is 0 Å². The van der Waals surface area contributed by atoms with Gasteiger partial charge in [0.2, 0.25) is 0 Å². The molecule has 0 spiro atoms. The molecule has 0 heterocycles. The van der Waals surface area contributed by atoms with Gasteiger partial charge in [-0.15, -0.1) is 0 Å². The number of aliphatic carboxylic acids is 1. The lowest BCUT2D eigenvalue weighted by Crippen LogP contribution is -2.49. The summed E-state index contributed by atoms with van der Waals surface area (Å²) in [4.78, 5) is 26.4. The molecule has 1 atom stereocenters. The fourth-order valence-electron chi connectivity index (χ4n) is 3.15. The Morgan fingerprint density at radius 2 is 1.30 bits per heavy atom. The number of nitrogens with zero attached hydrogens (tertiary/aromatic N) is 1. The summed E-state index contributed by atoms with van der Waals surface area (Å²) >= 11 is 0. The molecule has 1 N–H and O–H groups in total. The van der Waals surface area contributed by atoms with E-state index in [1.54, 1.807) is 112 Å². The zero-order valence-corrected chi connectivity index (χ0v) is 21.7. The maximum Gasteiger partial charge on any atom is 0.587 e. The van der Waals surface area contributed by atoms with Crippen molar-refractivity contribution in [3.05, 3.63) is 96.6 Å². The summed E-state index contributed by atoms with van der Waals surface area (Å²) in [5.74, 6) is -0.989. The Bertz CT molecular complexity index is 1150. The molecule has 3 aromatic carbocycles. The van der Waals surface area contributed by atoms with E-state index in [1.165, 1.54) is 0 Å². The number of phosphoric ester groups is 1. The summed E-state index contributed by atoms with van der Waals surface area (Å²) in [6, 6.07) is 23.7. The maximum atomic E-state index is 13.7. The van der Waals surface area contributed by atoms with Crippen LogP contribution in [-0.4, -0.2) is 40.3 Å². The van der Waals surface area contributed by atoms with E-state index in [2.05, 4.69) is 0 Å². The smallest absolute Gasteiger partial charge is 0.480 e. The van der Waals surface area contributed by atoms with Gasteiger partial charge < -0.3 is 18.9 Å². The summed E-state index contributed by atoms with van der Waals surface area (Å²) in [7, 11) is -4.39. The predicted molar refractivity (Wildman–Crippen MR) is 137 cm³/mol.